The third-order valence-corrected chi connectivity index (χ3v) is 7.45. The number of rotatable bonds is 10. The maximum Gasteiger partial charge on any atom is 0.457 e. The van der Waals surface area contributed by atoms with E-state index in [1.54, 1.807) is 60.7 Å². The van der Waals surface area contributed by atoms with Crippen LogP contribution in [0.25, 0.3) is 0 Å². The van der Waals surface area contributed by atoms with Gasteiger partial charge in [0.1, 0.15) is 18.1 Å². The Labute approximate surface area is 217 Å². The highest BCUT2D eigenvalue weighted by Gasteiger charge is 2.42. The summed E-state index contributed by atoms with van der Waals surface area (Å²) in [7, 11) is -0.261. The van der Waals surface area contributed by atoms with Crippen molar-refractivity contribution in [1.82, 2.24) is 5.32 Å². The van der Waals surface area contributed by atoms with E-state index >= 15 is 0 Å². The maximum atomic E-state index is 14.6. The van der Waals surface area contributed by atoms with Crippen LogP contribution in [0.5, 0.6) is 11.5 Å². The van der Waals surface area contributed by atoms with Crippen LogP contribution in [-0.4, -0.2) is 20.2 Å². The largest absolute Gasteiger partial charge is 0.457 e. The van der Waals surface area contributed by atoms with E-state index in [9.17, 15) is 9.36 Å². The molecule has 8 heteroatoms. The molecule has 37 heavy (non-hydrogen) atoms. The molecule has 0 saturated carbocycles. The molecule has 0 aliphatic heterocycles. The Morgan fingerprint density at radius 3 is 1.73 bits per heavy atom. The molecule has 190 valence electrons. The third kappa shape index (κ3) is 7.15. The van der Waals surface area contributed by atoms with E-state index in [0.29, 0.717) is 17.1 Å². The standard InChI is InChI=1S/C29H29N2O5P/c1-31(2)25-20-18-24(19-21-25)28(30-29(32)34-22-23-12-6-3-7-13-23)37(33,35-26-14-8-4-9-15-26)36-27-16-10-5-11-17-27/h3-21,28H,22H2,1-2H3,(H,30,32). The molecule has 1 atom stereocenters. The zero-order chi connectivity index (χ0) is 26.1. The van der Waals surface area contributed by atoms with E-state index in [0.717, 1.165) is 11.3 Å². The van der Waals surface area contributed by atoms with E-state index in [4.69, 9.17) is 13.8 Å². The number of amides is 1. The van der Waals surface area contributed by atoms with Gasteiger partial charge < -0.3 is 24.0 Å². The van der Waals surface area contributed by atoms with E-state index in [1.807, 2.05) is 73.6 Å². The fourth-order valence-electron chi connectivity index (χ4n) is 3.56. The van der Waals surface area contributed by atoms with E-state index in [-0.39, 0.29) is 6.61 Å². The Balaban J connectivity index is 1.68. The maximum absolute atomic E-state index is 14.6. The van der Waals surface area contributed by atoms with Gasteiger partial charge in [-0.2, -0.15) is 0 Å². The number of ether oxygens (including phenoxy) is 1. The molecule has 0 spiro atoms. The summed E-state index contributed by atoms with van der Waals surface area (Å²) in [6, 6.07) is 34.1. The Hall–Kier alpha value is -4.22. The van der Waals surface area contributed by atoms with Gasteiger partial charge in [-0.25, -0.2) is 9.36 Å². The van der Waals surface area contributed by atoms with Crippen LogP contribution in [0, 0.1) is 0 Å². The lowest BCUT2D eigenvalue weighted by Gasteiger charge is -2.28. The minimum Gasteiger partial charge on any atom is -0.445 e. The number of nitrogens with zero attached hydrogens (tertiary/aromatic N) is 1. The summed E-state index contributed by atoms with van der Waals surface area (Å²) >= 11 is 0. The number of nitrogens with one attached hydrogen (secondary N) is 1. The summed E-state index contributed by atoms with van der Waals surface area (Å²) in [4.78, 5) is 14.9. The number of carbonyl (C=O) groups excluding carboxylic acids is 1. The van der Waals surface area contributed by atoms with Crippen LogP contribution in [0.2, 0.25) is 0 Å². The molecule has 0 bridgehead atoms. The molecule has 0 fully saturated rings. The van der Waals surface area contributed by atoms with Crippen LogP contribution in [0.3, 0.4) is 0 Å². The molecule has 1 amide bonds. The summed E-state index contributed by atoms with van der Waals surface area (Å²) in [6.07, 6.45) is -0.751. The van der Waals surface area contributed by atoms with Gasteiger partial charge in [-0.1, -0.05) is 78.9 Å². The summed E-state index contributed by atoms with van der Waals surface area (Å²) in [5.41, 5.74) is 2.31. The van der Waals surface area contributed by atoms with Crippen molar-refractivity contribution in [3.63, 3.8) is 0 Å². The van der Waals surface area contributed by atoms with Crippen LogP contribution >= 0.6 is 7.60 Å². The molecule has 0 radical (unpaired) electrons. The lowest BCUT2D eigenvalue weighted by molar-refractivity contribution is 0.137. The van der Waals surface area contributed by atoms with Gasteiger partial charge in [0.15, 0.2) is 5.78 Å². The van der Waals surface area contributed by atoms with Gasteiger partial charge >= 0.3 is 13.7 Å². The second-order valence-electron chi connectivity index (χ2n) is 8.44. The molecule has 4 aromatic carbocycles. The molecule has 0 saturated heterocycles. The van der Waals surface area contributed by atoms with Crippen molar-refractivity contribution in [2.24, 2.45) is 0 Å². The molecule has 1 N–H and O–H groups in total. The summed E-state index contributed by atoms with van der Waals surface area (Å²) in [5.74, 6) is -0.473. The second kappa shape index (κ2) is 12.2. The van der Waals surface area contributed by atoms with Gasteiger partial charge in [0.05, 0.1) is 0 Å². The second-order valence-corrected chi connectivity index (χ2v) is 10.4. The monoisotopic (exact) mass is 516 g/mol. The first-order valence-corrected chi connectivity index (χ1v) is 13.4. The highest BCUT2D eigenvalue weighted by atomic mass is 31.2. The third-order valence-electron chi connectivity index (χ3n) is 5.46. The number of para-hydroxylation sites is 2. The van der Waals surface area contributed by atoms with Gasteiger partial charge in [0, 0.05) is 19.8 Å². The zero-order valence-corrected chi connectivity index (χ0v) is 21.6. The fourth-order valence-corrected chi connectivity index (χ4v) is 5.44. The number of hydrogen-bond donors (Lipinski definition) is 1. The minimum atomic E-state index is -4.11. The SMILES string of the molecule is CN(C)c1ccc(C(NC(=O)OCc2ccccc2)P(=O)(Oc2ccccc2)Oc2ccccc2)cc1. The average molecular weight is 517 g/mol. The topological polar surface area (TPSA) is 77.1 Å². The Morgan fingerprint density at radius 2 is 1.24 bits per heavy atom. The minimum absolute atomic E-state index is 0.0579. The molecule has 4 aromatic rings. The van der Waals surface area contributed by atoms with Crippen molar-refractivity contribution < 1.29 is 23.1 Å². The van der Waals surface area contributed by atoms with Crippen LogP contribution in [0.15, 0.2) is 115 Å². The molecule has 4 rings (SSSR count). The number of carbonyl (C=O) groups is 1. The molecule has 0 heterocycles. The van der Waals surface area contributed by atoms with Crippen LogP contribution in [0.1, 0.15) is 16.9 Å². The fraction of sp³-hybridized carbons (Fsp3) is 0.138. The van der Waals surface area contributed by atoms with Gasteiger partial charge in [-0.15, -0.1) is 0 Å². The number of benzene rings is 4. The van der Waals surface area contributed by atoms with E-state index in [1.165, 1.54) is 0 Å². The van der Waals surface area contributed by atoms with Gasteiger partial charge in [0.25, 0.3) is 0 Å². The summed E-state index contributed by atoms with van der Waals surface area (Å²) in [6.45, 7) is 0.0579. The molecule has 0 aliphatic carbocycles. The Morgan fingerprint density at radius 1 is 0.757 bits per heavy atom. The molecular formula is C29H29N2O5P. The smallest absolute Gasteiger partial charge is 0.445 e. The number of hydrogen-bond acceptors (Lipinski definition) is 6. The number of anilines is 1. The van der Waals surface area contributed by atoms with Gasteiger partial charge in [-0.05, 0) is 47.5 Å². The van der Waals surface area contributed by atoms with Crippen molar-refractivity contribution in [1.29, 1.82) is 0 Å². The lowest BCUT2D eigenvalue weighted by Crippen LogP contribution is -2.31. The van der Waals surface area contributed by atoms with Crippen LogP contribution in [-0.2, 0) is 15.9 Å². The molecular weight excluding hydrogens is 487 g/mol. The summed E-state index contributed by atoms with van der Waals surface area (Å²) in [5, 5.41) is 2.75. The average Bonchev–Trinajstić information content (AvgIpc) is 2.92. The predicted molar refractivity (Wildman–Crippen MR) is 145 cm³/mol. The van der Waals surface area contributed by atoms with Gasteiger partial charge in [-0.3, -0.25) is 0 Å². The highest BCUT2D eigenvalue weighted by molar-refractivity contribution is 7.55. The molecule has 0 aliphatic rings. The first-order valence-electron chi connectivity index (χ1n) is 11.8. The van der Waals surface area contributed by atoms with Crippen LogP contribution < -0.4 is 19.3 Å². The van der Waals surface area contributed by atoms with E-state index in [2.05, 4.69) is 5.32 Å². The van der Waals surface area contributed by atoms with Crippen LogP contribution in [0.4, 0.5) is 10.5 Å². The zero-order valence-electron chi connectivity index (χ0n) is 20.7. The summed E-state index contributed by atoms with van der Waals surface area (Å²) < 4.78 is 32.0. The van der Waals surface area contributed by atoms with Gasteiger partial charge in [0.2, 0.25) is 0 Å². The quantitative estimate of drug-likeness (QED) is 0.228. The normalized spacial score (nSPS) is 11.7. The van der Waals surface area contributed by atoms with Crippen molar-refractivity contribution in [2.75, 3.05) is 19.0 Å². The highest BCUT2D eigenvalue weighted by Crippen LogP contribution is 2.59. The molecule has 7 nitrogen and oxygen atoms in total. The first kappa shape index (κ1) is 25.9. The Bertz CT molecular complexity index is 1270. The van der Waals surface area contributed by atoms with Crippen molar-refractivity contribution in [3.05, 3.63) is 126 Å². The van der Waals surface area contributed by atoms with Crippen molar-refractivity contribution in [3.8, 4) is 11.5 Å². The molecule has 0 aromatic heterocycles. The Kier molecular flexibility index (Phi) is 8.49. The van der Waals surface area contributed by atoms with Crippen molar-refractivity contribution >= 4 is 19.4 Å². The predicted octanol–water partition coefficient (Wildman–Crippen LogP) is 7.03. The first-order chi connectivity index (χ1) is 17.9. The van der Waals surface area contributed by atoms with Crippen molar-refractivity contribution in [2.45, 2.75) is 12.4 Å². The lowest BCUT2D eigenvalue weighted by atomic mass is 10.2. The number of alkyl carbamates (subject to hydrolysis) is 1. The van der Waals surface area contributed by atoms with E-state index < -0.39 is 19.5 Å². The molecule has 1 unspecified atom stereocenters.